The molecule has 2 rings (SSSR count). The van der Waals surface area contributed by atoms with Gasteiger partial charge in [0.2, 0.25) is 5.91 Å². The van der Waals surface area contributed by atoms with Crippen LogP contribution in [0.3, 0.4) is 0 Å². The first-order chi connectivity index (χ1) is 13.8. The maximum absolute atomic E-state index is 12.6. The number of thioether (sulfide) groups is 1. The third-order valence-electron chi connectivity index (χ3n) is 4.20. The molecule has 1 aromatic carbocycles. The summed E-state index contributed by atoms with van der Waals surface area (Å²) >= 11 is 6.48. The van der Waals surface area contributed by atoms with E-state index in [0.717, 1.165) is 11.1 Å². The topological polar surface area (TPSA) is 86.7 Å². The Morgan fingerprint density at radius 1 is 1.31 bits per heavy atom. The molecule has 6 nitrogen and oxygen atoms in total. The molecule has 8 heteroatoms. The molecule has 154 valence electrons. The SMILES string of the molecule is CCCC(NC(=O)CCN1C(=O)C(=CC(C)=Cc2ccccc2)SC1=S)C(=O)O. The molecular formula is C21H24N2O4S2. The predicted octanol–water partition coefficient (Wildman–Crippen LogP) is 3.59. The number of amides is 2. The summed E-state index contributed by atoms with van der Waals surface area (Å²) in [4.78, 5) is 37.8. The van der Waals surface area contributed by atoms with Crippen LogP contribution in [0.2, 0.25) is 0 Å². The molecule has 1 heterocycles. The van der Waals surface area contributed by atoms with Crippen LogP contribution in [0.25, 0.3) is 6.08 Å². The lowest BCUT2D eigenvalue weighted by Gasteiger charge is -2.16. The molecule has 0 bridgehead atoms. The Morgan fingerprint density at radius 2 is 2.00 bits per heavy atom. The highest BCUT2D eigenvalue weighted by atomic mass is 32.2. The zero-order valence-corrected chi connectivity index (χ0v) is 18.0. The Labute approximate surface area is 180 Å². The van der Waals surface area contributed by atoms with Gasteiger partial charge in [-0.15, -0.1) is 0 Å². The number of nitrogens with one attached hydrogen (secondary N) is 1. The molecule has 1 atom stereocenters. The number of allylic oxidation sites excluding steroid dienone is 2. The number of hydrogen-bond donors (Lipinski definition) is 2. The fourth-order valence-electron chi connectivity index (χ4n) is 2.78. The highest BCUT2D eigenvalue weighted by Gasteiger charge is 2.32. The van der Waals surface area contributed by atoms with Crippen molar-refractivity contribution in [3.8, 4) is 0 Å². The molecule has 1 aliphatic rings. The van der Waals surface area contributed by atoms with Gasteiger partial charge in [0, 0.05) is 13.0 Å². The minimum absolute atomic E-state index is 0.00789. The first kappa shape index (κ1) is 22.8. The van der Waals surface area contributed by atoms with Crippen LogP contribution in [-0.2, 0) is 14.4 Å². The van der Waals surface area contributed by atoms with Crippen LogP contribution >= 0.6 is 24.0 Å². The number of carbonyl (C=O) groups excluding carboxylic acids is 2. The Hall–Kier alpha value is -2.45. The standard InChI is InChI=1S/C21H24N2O4S2/c1-3-7-16(20(26)27)22-18(24)10-11-23-19(25)17(29-21(23)28)13-14(2)12-15-8-5-4-6-9-15/h4-6,8-9,12-13,16H,3,7,10-11H2,1-2H3,(H,22,24)(H,26,27). The Balaban J connectivity index is 1.97. The van der Waals surface area contributed by atoms with Crippen molar-refractivity contribution >= 4 is 52.2 Å². The van der Waals surface area contributed by atoms with E-state index in [9.17, 15) is 14.4 Å². The quantitative estimate of drug-likeness (QED) is 0.458. The van der Waals surface area contributed by atoms with E-state index in [2.05, 4.69) is 5.32 Å². The van der Waals surface area contributed by atoms with E-state index in [1.54, 1.807) is 6.08 Å². The van der Waals surface area contributed by atoms with Crippen molar-refractivity contribution in [1.29, 1.82) is 0 Å². The summed E-state index contributed by atoms with van der Waals surface area (Å²) in [7, 11) is 0. The number of benzene rings is 1. The number of aliphatic carboxylic acids is 1. The van der Waals surface area contributed by atoms with E-state index in [4.69, 9.17) is 17.3 Å². The molecule has 1 saturated heterocycles. The summed E-state index contributed by atoms with van der Waals surface area (Å²) < 4.78 is 0.393. The first-order valence-corrected chi connectivity index (χ1v) is 10.5. The van der Waals surface area contributed by atoms with Crippen molar-refractivity contribution in [2.75, 3.05) is 6.54 Å². The number of carboxylic acid groups (broad SMARTS) is 1. The Bertz CT molecular complexity index is 849. The van der Waals surface area contributed by atoms with Gasteiger partial charge in [-0.3, -0.25) is 14.5 Å². The van der Waals surface area contributed by atoms with Gasteiger partial charge in [0.15, 0.2) is 0 Å². The average Bonchev–Trinajstić information content (AvgIpc) is 2.93. The minimum Gasteiger partial charge on any atom is -0.480 e. The number of rotatable bonds is 9. The Morgan fingerprint density at radius 3 is 2.62 bits per heavy atom. The molecule has 2 N–H and O–H groups in total. The molecule has 0 aromatic heterocycles. The lowest BCUT2D eigenvalue weighted by Crippen LogP contribution is -2.42. The fraction of sp³-hybridized carbons (Fsp3) is 0.333. The smallest absolute Gasteiger partial charge is 0.326 e. The van der Waals surface area contributed by atoms with E-state index in [-0.39, 0.29) is 18.9 Å². The van der Waals surface area contributed by atoms with Gasteiger partial charge >= 0.3 is 5.97 Å². The summed E-state index contributed by atoms with van der Waals surface area (Å²) in [5.74, 6) is -1.71. The van der Waals surface area contributed by atoms with Crippen LogP contribution < -0.4 is 5.32 Å². The molecular weight excluding hydrogens is 408 g/mol. The molecule has 0 aliphatic carbocycles. The van der Waals surface area contributed by atoms with E-state index >= 15 is 0 Å². The predicted molar refractivity (Wildman–Crippen MR) is 119 cm³/mol. The van der Waals surface area contributed by atoms with Crippen LogP contribution in [0.4, 0.5) is 0 Å². The van der Waals surface area contributed by atoms with Crippen molar-refractivity contribution < 1.29 is 19.5 Å². The first-order valence-electron chi connectivity index (χ1n) is 9.32. The maximum atomic E-state index is 12.6. The lowest BCUT2D eigenvalue weighted by atomic mass is 10.1. The second-order valence-corrected chi connectivity index (χ2v) is 8.31. The second kappa shape index (κ2) is 10.9. The van der Waals surface area contributed by atoms with Gasteiger partial charge in [0.25, 0.3) is 5.91 Å². The molecule has 1 aromatic rings. The van der Waals surface area contributed by atoms with Gasteiger partial charge in [-0.25, -0.2) is 4.79 Å². The number of carboxylic acids is 1. The highest BCUT2D eigenvalue weighted by Crippen LogP contribution is 2.32. The van der Waals surface area contributed by atoms with Crippen molar-refractivity contribution in [2.24, 2.45) is 0 Å². The van der Waals surface area contributed by atoms with Crippen LogP contribution in [0.1, 0.15) is 38.7 Å². The zero-order valence-electron chi connectivity index (χ0n) is 16.4. The largest absolute Gasteiger partial charge is 0.480 e. The third kappa shape index (κ3) is 6.83. The fourth-order valence-corrected chi connectivity index (χ4v) is 4.14. The number of hydrogen-bond acceptors (Lipinski definition) is 5. The molecule has 2 amide bonds. The summed E-state index contributed by atoms with van der Waals surface area (Å²) in [5, 5.41) is 11.6. The molecule has 29 heavy (non-hydrogen) atoms. The van der Waals surface area contributed by atoms with Crippen molar-refractivity contribution in [2.45, 2.75) is 39.2 Å². The van der Waals surface area contributed by atoms with Gasteiger partial charge in [0.05, 0.1) is 4.91 Å². The number of carbonyl (C=O) groups is 3. The Kier molecular flexibility index (Phi) is 8.60. The van der Waals surface area contributed by atoms with Crippen LogP contribution in [-0.4, -0.2) is 44.7 Å². The highest BCUT2D eigenvalue weighted by molar-refractivity contribution is 8.26. The maximum Gasteiger partial charge on any atom is 0.326 e. The van der Waals surface area contributed by atoms with E-state index in [1.165, 1.54) is 16.7 Å². The van der Waals surface area contributed by atoms with Crippen molar-refractivity contribution in [3.05, 3.63) is 52.4 Å². The molecule has 0 saturated carbocycles. The van der Waals surface area contributed by atoms with Gasteiger partial charge in [-0.05, 0) is 30.6 Å². The molecule has 0 radical (unpaired) electrons. The number of nitrogens with zero attached hydrogens (tertiary/aromatic N) is 1. The molecule has 1 fully saturated rings. The van der Waals surface area contributed by atoms with E-state index in [0.29, 0.717) is 22.1 Å². The van der Waals surface area contributed by atoms with E-state index < -0.39 is 17.9 Å². The van der Waals surface area contributed by atoms with Gasteiger partial charge in [0.1, 0.15) is 10.4 Å². The second-order valence-electron chi connectivity index (χ2n) is 6.63. The third-order valence-corrected chi connectivity index (χ3v) is 5.58. The van der Waals surface area contributed by atoms with Crippen LogP contribution in [0, 0.1) is 0 Å². The van der Waals surface area contributed by atoms with Gasteiger partial charge < -0.3 is 10.4 Å². The monoisotopic (exact) mass is 432 g/mol. The normalized spacial score (nSPS) is 17.0. The molecule has 0 spiro atoms. The lowest BCUT2D eigenvalue weighted by molar-refractivity contribution is -0.142. The minimum atomic E-state index is -1.06. The number of thiocarbonyl (C=S) groups is 1. The summed E-state index contributed by atoms with van der Waals surface area (Å²) in [5.41, 5.74) is 1.95. The van der Waals surface area contributed by atoms with Crippen molar-refractivity contribution in [1.82, 2.24) is 10.2 Å². The van der Waals surface area contributed by atoms with Gasteiger partial charge in [-0.1, -0.05) is 73.7 Å². The van der Waals surface area contributed by atoms with Gasteiger partial charge in [-0.2, -0.15) is 0 Å². The summed E-state index contributed by atoms with van der Waals surface area (Å²) in [6.07, 6.45) is 4.75. The summed E-state index contributed by atoms with van der Waals surface area (Å²) in [6.45, 7) is 3.88. The zero-order chi connectivity index (χ0) is 21.4. The van der Waals surface area contributed by atoms with Crippen molar-refractivity contribution in [3.63, 3.8) is 0 Å². The van der Waals surface area contributed by atoms with E-state index in [1.807, 2.05) is 50.3 Å². The van der Waals surface area contributed by atoms with Crippen LogP contribution in [0.5, 0.6) is 0 Å². The molecule has 1 unspecified atom stereocenters. The average molecular weight is 433 g/mol. The summed E-state index contributed by atoms with van der Waals surface area (Å²) in [6, 6.07) is 8.87. The molecule has 1 aliphatic heterocycles. The van der Waals surface area contributed by atoms with Crippen LogP contribution in [0.15, 0.2) is 46.9 Å².